The highest BCUT2D eigenvalue weighted by Gasteiger charge is 2.15. The molecule has 0 aromatic heterocycles. The lowest BCUT2D eigenvalue weighted by Crippen LogP contribution is -2.16. The van der Waals surface area contributed by atoms with Crippen LogP contribution in [0.15, 0.2) is 42.5 Å². The van der Waals surface area contributed by atoms with E-state index in [-0.39, 0.29) is 24.6 Å². The van der Waals surface area contributed by atoms with Crippen molar-refractivity contribution in [3.8, 4) is 0 Å². The Kier molecular flexibility index (Phi) is 5.84. The van der Waals surface area contributed by atoms with Crippen LogP contribution in [0.2, 0.25) is 0 Å². The summed E-state index contributed by atoms with van der Waals surface area (Å²) in [5, 5.41) is 13.7. The number of benzene rings is 2. The molecule has 0 bridgehead atoms. The number of nitro groups is 1. The molecule has 2 aromatic carbocycles. The highest BCUT2D eigenvalue weighted by atomic mass is 16.6. The molecule has 0 aliphatic heterocycles. The summed E-state index contributed by atoms with van der Waals surface area (Å²) in [6.07, 6.45) is -0.00283. The van der Waals surface area contributed by atoms with Gasteiger partial charge >= 0.3 is 5.97 Å². The lowest BCUT2D eigenvalue weighted by molar-refractivity contribution is -0.385. The number of carbonyl (C=O) groups excluding carboxylic acids is 2. The monoisotopic (exact) mass is 342 g/mol. The fraction of sp³-hybridized carbons (Fsp3) is 0.222. The fourth-order valence-corrected chi connectivity index (χ4v) is 2.38. The van der Waals surface area contributed by atoms with Crippen molar-refractivity contribution in [1.29, 1.82) is 0 Å². The third kappa shape index (κ3) is 4.63. The second-order valence-corrected chi connectivity index (χ2v) is 5.34. The maximum atomic E-state index is 12.2. The Labute approximate surface area is 144 Å². The highest BCUT2D eigenvalue weighted by molar-refractivity contribution is 5.95. The van der Waals surface area contributed by atoms with Gasteiger partial charge in [0.25, 0.3) is 5.69 Å². The van der Waals surface area contributed by atoms with Crippen LogP contribution in [0.25, 0.3) is 0 Å². The zero-order valence-electron chi connectivity index (χ0n) is 13.9. The number of nitro benzene ring substituents is 1. The lowest BCUT2D eigenvalue weighted by atomic mass is 10.0. The second kappa shape index (κ2) is 8.05. The van der Waals surface area contributed by atoms with Gasteiger partial charge in [0.1, 0.15) is 0 Å². The van der Waals surface area contributed by atoms with Crippen LogP contribution < -0.4 is 5.32 Å². The molecule has 0 unspecified atom stereocenters. The molecule has 0 aliphatic rings. The number of nitrogens with zero attached hydrogens (tertiary/aromatic N) is 1. The van der Waals surface area contributed by atoms with Crippen molar-refractivity contribution < 1.29 is 19.2 Å². The normalized spacial score (nSPS) is 10.2. The Morgan fingerprint density at radius 1 is 1.20 bits per heavy atom. The smallest absolute Gasteiger partial charge is 0.338 e. The van der Waals surface area contributed by atoms with Gasteiger partial charge in [0.2, 0.25) is 5.91 Å². The van der Waals surface area contributed by atoms with Crippen molar-refractivity contribution in [1.82, 2.24) is 0 Å². The number of carbonyl (C=O) groups is 2. The van der Waals surface area contributed by atoms with E-state index in [0.29, 0.717) is 22.4 Å². The van der Waals surface area contributed by atoms with Crippen molar-refractivity contribution in [2.45, 2.75) is 20.3 Å². The average molecular weight is 342 g/mol. The summed E-state index contributed by atoms with van der Waals surface area (Å²) in [4.78, 5) is 34.4. The minimum absolute atomic E-state index is 0.00283. The minimum atomic E-state index is -0.473. The molecule has 0 aliphatic carbocycles. The quantitative estimate of drug-likeness (QED) is 0.493. The largest absolute Gasteiger partial charge is 0.462 e. The van der Waals surface area contributed by atoms with Crippen molar-refractivity contribution in [2.24, 2.45) is 0 Å². The molecule has 0 saturated carbocycles. The van der Waals surface area contributed by atoms with Crippen LogP contribution in [0, 0.1) is 17.0 Å². The summed E-state index contributed by atoms with van der Waals surface area (Å²) in [5.41, 5.74) is 1.82. The number of nitrogens with one attached hydrogen (secondary N) is 1. The molecular formula is C18H18N2O5. The fourth-order valence-electron chi connectivity index (χ4n) is 2.38. The van der Waals surface area contributed by atoms with Gasteiger partial charge in [0.15, 0.2) is 0 Å². The lowest BCUT2D eigenvalue weighted by Gasteiger charge is -2.09. The van der Waals surface area contributed by atoms with E-state index in [4.69, 9.17) is 4.74 Å². The number of anilines is 1. The molecule has 0 fully saturated rings. The molecule has 7 heteroatoms. The number of esters is 1. The SMILES string of the molecule is CCOC(=O)c1cccc(NC(=O)Cc2cccc([N+](=O)[O-])c2C)c1. The van der Waals surface area contributed by atoms with E-state index >= 15 is 0 Å². The molecule has 2 rings (SSSR count). The summed E-state index contributed by atoms with van der Waals surface area (Å²) < 4.78 is 4.92. The van der Waals surface area contributed by atoms with Gasteiger partial charge < -0.3 is 10.1 Å². The van der Waals surface area contributed by atoms with Gasteiger partial charge in [-0.05, 0) is 37.6 Å². The first-order valence-electron chi connectivity index (χ1n) is 7.72. The third-order valence-corrected chi connectivity index (χ3v) is 3.62. The van der Waals surface area contributed by atoms with E-state index in [0.717, 1.165) is 0 Å². The van der Waals surface area contributed by atoms with E-state index in [1.165, 1.54) is 12.1 Å². The van der Waals surface area contributed by atoms with Gasteiger partial charge in [-0.2, -0.15) is 0 Å². The summed E-state index contributed by atoms with van der Waals surface area (Å²) in [5.74, 6) is -0.794. The highest BCUT2D eigenvalue weighted by Crippen LogP contribution is 2.22. The minimum Gasteiger partial charge on any atom is -0.462 e. The van der Waals surface area contributed by atoms with Crippen LogP contribution in [-0.2, 0) is 16.0 Å². The van der Waals surface area contributed by atoms with Crippen LogP contribution in [-0.4, -0.2) is 23.4 Å². The molecule has 2 aromatic rings. The van der Waals surface area contributed by atoms with E-state index < -0.39 is 10.9 Å². The van der Waals surface area contributed by atoms with E-state index in [2.05, 4.69) is 5.32 Å². The maximum absolute atomic E-state index is 12.2. The zero-order chi connectivity index (χ0) is 18.4. The molecule has 1 N–H and O–H groups in total. The summed E-state index contributed by atoms with van der Waals surface area (Å²) in [6, 6.07) is 11.0. The number of hydrogen-bond acceptors (Lipinski definition) is 5. The Balaban J connectivity index is 2.11. The predicted molar refractivity (Wildman–Crippen MR) is 92.6 cm³/mol. The van der Waals surface area contributed by atoms with Crippen LogP contribution >= 0.6 is 0 Å². The summed E-state index contributed by atoms with van der Waals surface area (Å²) in [6.45, 7) is 3.59. The van der Waals surface area contributed by atoms with E-state index in [1.54, 1.807) is 44.2 Å². The Morgan fingerprint density at radius 3 is 2.60 bits per heavy atom. The molecular weight excluding hydrogens is 324 g/mol. The third-order valence-electron chi connectivity index (χ3n) is 3.62. The zero-order valence-corrected chi connectivity index (χ0v) is 13.9. The number of ether oxygens (including phenoxy) is 1. The van der Waals surface area contributed by atoms with Crippen LogP contribution in [0.3, 0.4) is 0 Å². The van der Waals surface area contributed by atoms with Gasteiger partial charge in [-0.1, -0.05) is 18.2 Å². The molecule has 25 heavy (non-hydrogen) atoms. The Morgan fingerprint density at radius 2 is 1.92 bits per heavy atom. The van der Waals surface area contributed by atoms with Gasteiger partial charge in [0, 0.05) is 17.3 Å². The van der Waals surface area contributed by atoms with Crippen LogP contribution in [0.4, 0.5) is 11.4 Å². The topological polar surface area (TPSA) is 98.5 Å². The number of amides is 1. The summed E-state index contributed by atoms with van der Waals surface area (Å²) >= 11 is 0. The molecule has 0 radical (unpaired) electrons. The molecule has 7 nitrogen and oxygen atoms in total. The first-order chi connectivity index (χ1) is 11.9. The molecule has 0 heterocycles. The second-order valence-electron chi connectivity index (χ2n) is 5.34. The molecule has 0 spiro atoms. The van der Waals surface area contributed by atoms with Gasteiger partial charge in [-0.15, -0.1) is 0 Å². The van der Waals surface area contributed by atoms with E-state index in [9.17, 15) is 19.7 Å². The first kappa shape index (κ1) is 18.1. The van der Waals surface area contributed by atoms with Crippen LogP contribution in [0.5, 0.6) is 0 Å². The van der Waals surface area contributed by atoms with Gasteiger partial charge in [0.05, 0.1) is 23.5 Å². The standard InChI is InChI=1S/C18H18N2O5/c1-3-25-18(22)14-7-4-8-15(10-14)19-17(21)11-13-6-5-9-16(12(13)2)20(23)24/h4-10H,3,11H2,1-2H3,(H,19,21). The van der Waals surface area contributed by atoms with Crippen molar-refractivity contribution >= 4 is 23.3 Å². The Bertz CT molecular complexity index is 817. The van der Waals surface area contributed by atoms with Gasteiger partial charge in [-0.3, -0.25) is 14.9 Å². The van der Waals surface area contributed by atoms with Crippen LogP contribution in [0.1, 0.15) is 28.4 Å². The average Bonchev–Trinajstić information content (AvgIpc) is 2.57. The van der Waals surface area contributed by atoms with Crippen molar-refractivity contribution in [3.05, 3.63) is 69.3 Å². The molecule has 0 atom stereocenters. The maximum Gasteiger partial charge on any atom is 0.338 e. The van der Waals surface area contributed by atoms with Crippen molar-refractivity contribution in [3.63, 3.8) is 0 Å². The predicted octanol–water partition coefficient (Wildman–Crippen LogP) is 3.26. The number of rotatable bonds is 6. The van der Waals surface area contributed by atoms with Gasteiger partial charge in [-0.25, -0.2) is 4.79 Å². The molecule has 130 valence electrons. The molecule has 1 amide bonds. The Hall–Kier alpha value is -3.22. The first-order valence-corrected chi connectivity index (χ1v) is 7.72. The summed E-state index contributed by atoms with van der Waals surface area (Å²) in [7, 11) is 0. The van der Waals surface area contributed by atoms with Crippen molar-refractivity contribution in [2.75, 3.05) is 11.9 Å². The molecule has 0 saturated heterocycles. The number of hydrogen-bond donors (Lipinski definition) is 1. The van der Waals surface area contributed by atoms with E-state index in [1.807, 2.05) is 0 Å².